The standard InChI is InChI=1S/C13H12ClN3O/c1-6-9(14)4-3-8-12(7(2)16-13(6)8)10-5-11(15)17-18-10/h3-5,16H,1-2H3,(H2,15,17). The molecular weight excluding hydrogens is 250 g/mol. The van der Waals surface area contributed by atoms with Crippen molar-refractivity contribution in [3.05, 3.63) is 34.5 Å². The first-order valence-electron chi connectivity index (χ1n) is 5.58. The maximum atomic E-state index is 6.12. The summed E-state index contributed by atoms with van der Waals surface area (Å²) in [6.07, 6.45) is 0. The van der Waals surface area contributed by atoms with E-state index in [1.54, 1.807) is 6.07 Å². The smallest absolute Gasteiger partial charge is 0.171 e. The van der Waals surface area contributed by atoms with Crippen LogP contribution in [0.3, 0.4) is 0 Å². The Morgan fingerprint density at radius 1 is 1.33 bits per heavy atom. The Kier molecular flexibility index (Phi) is 2.35. The van der Waals surface area contributed by atoms with Gasteiger partial charge < -0.3 is 15.2 Å². The Morgan fingerprint density at radius 3 is 2.78 bits per heavy atom. The van der Waals surface area contributed by atoms with Crippen molar-refractivity contribution >= 4 is 28.3 Å². The first-order chi connectivity index (χ1) is 8.58. The van der Waals surface area contributed by atoms with Crippen molar-refractivity contribution in [2.24, 2.45) is 0 Å². The number of nitrogen functional groups attached to an aromatic ring is 1. The summed E-state index contributed by atoms with van der Waals surface area (Å²) < 4.78 is 5.24. The Hall–Kier alpha value is -1.94. The molecule has 3 aromatic rings. The Labute approximate surface area is 109 Å². The molecule has 0 radical (unpaired) electrons. The summed E-state index contributed by atoms with van der Waals surface area (Å²) in [5.41, 5.74) is 9.63. The van der Waals surface area contributed by atoms with Gasteiger partial charge in [0.25, 0.3) is 0 Å². The van der Waals surface area contributed by atoms with E-state index in [1.165, 1.54) is 0 Å². The van der Waals surface area contributed by atoms with Gasteiger partial charge >= 0.3 is 0 Å². The van der Waals surface area contributed by atoms with Crippen LogP contribution in [0.15, 0.2) is 22.7 Å². The molecule has 0 fully saturated rings. The molecule has 3 N–H and O–H groups in total. The van der Waals surface area contributed by atoms with E-state index in [9.17, 15) is 0 Å². The number of H-pyrrole nitrogens is 1. The zero-order valence-electron chi connectivity index (χ0n) is 10.0. The van der Waals surface area contributed by atoms with Crippen LogP contribution in [-0.4, -0.2) is 10.1 Å². The summed E-state index contributed by atoms with van der Waals surface area (Å²) in [4.78, 5) is 3.33. The van der Waals surface area contributed by atoms with E-state index in [0.717, 1.165) is 32.7 Å². The van der Waals surface area contributed by atoms with E-state index >= 15 is 0 Å². The second-order valence-electron chi connectivity index (χ2n) is 4.34. The molecule has 0 atom stereocenters. The largest absolute Gasteiger partial charge is 0.381 e. The molecule has 0 aliphatic carbocycles. The van der Waals surface area contributed by atoms with Gasteiger partial charge in [-0.1, -0.05) is 22.8 Å². The van der Waals surface area contributed by atoms with Gasteiger partial charge in [0.15, 0.2) is 11.6 Å². The highest BCUT2D eigenvalue weighted by molar-refractivity contribution is 6.32. The van der Waals surface area contributed by atoms with Gasteiger partial charge in [-0.2, -0.15) is 0 Å². The lowest BCUT2D eigenvalue weighted by Crippen LogP contribution is -1.80. The highest BCUT2D eigenvalue weighted by Gasteiger charge is 2.16. The SMILES string of the molecule is Cc1[nH]c2c(C)c(Cl)ccc2c1-c1cc(N)no1. The quantitative estimate of drug-likeness (QED) is 0.702. The lowest BCUT2D eigenvalue weighted by molar-refractivity contribution is 0.436. The third kappa shape index (κ3) is 1.49. The van der Waals surface area contributed by atoms with Crippen LogP contribution in [0.5, 0.6) is 0 Å². The predicted octanol–water partition coefficient (Wildman–Crippen LogP) is 3.68. The van der Waals surface area contributed by atoms with Gasteiger partial charge in [-0.25, -0.2) is 0 Å². The van der Waals surface area contributed by atoms with Crippen LogP contribution >= 0.6 is 11.6 Å². The van der Waals surface area contributed by atoms with Crippen LogP contribution in [0.2, 0.25) is 5.02 Å². The molecule has 2 aromatic heterocycles. The van der Waals surface area contributed by atoms with Gasteiger partial charge in [-0.3, -0.25) is 0 Å². The lowest BCUT2D eigenvalue weighted by Gasteiger charge is -1.99. The number of fused-ring (bicyclic) bond motifs is 1. The molecule has 2 heterocycles. The average Bonchev–Trinajstić information content (AvgIpc) is 2.87. The molecule has 0 saturated carbocycles. The maximum Gasteiger partial charge on any atom is 0.171 e. The monoisotopic (exact) mass is 261 g/mol. The summed E-state index contributed by atoms with van der Waals surface area (Å²) in [7, 11) is 0. The van der Waals surface area contributed by atoms with Crippen LogP contribution < -0.4 is 5.73 Å². The number of aryl methyl sites for hydroxylation is 2. The average molecular weight is 262 g/mol. The fourth-order valence-electron chi connectivity index (χ4n) is 2.23. The second-order valence-corrected chi connectivity index (χ2v) is 4.74. The number of aromatic nitrogens is 2. The van der Waals surface area contributed by atoms with Crippen molar-refractivity contribution < 1.29 is 4.52 Å². The highest BCUT2D eigenvalue weighted by Crippen LogP contribution is 2.36. The van der Waals surface area contributed by atoms with Crippen molar-refractivity contribution in [1.82, 2.24) is 10.1 Å². The molecule has 0 bridgehead atoms. The molecule has 0 spiro atoms. The van der Waals surface area contributed by atoms with Gasteiger partial charge in [0, 0.05) is 27.7 Å². The fraction of sp³-hybridized carbons (Fsp3) is 0.154. The first kappa shape index (κ1) is 11.2. The minimum absolute atomic E-state index is 0.379. The number of anilines is 1. The number of halogens is 1. The third-order valence-corrected chi connectivity index (χ3v) is 3.54. The molecule has 1 aromatic carbocycles. The molecule has 4 nitrogen and oxygen atoms in total. The number of hydrogen-bond acceptors (Lipinski definition) is 3. The van der Waals surface area contributed by atoms with Crippen molar-refractivity contribution in [3.63, 3.8) is 0 Å². The number of benzene rings is 1. The summed E-state index contributed by atoms with van der Waals surface area (Å²) in [5.74, 6) is 1.04. The van der Waals surface area contributed by atoms with Gasteiger partial charge in [0.05, 0.1) is 5.52 Å². The maximum absolute atomic E-state index is 6.12. The van der Waals surface area contributed by atoms with Crippen LogP contribution in [0.1, 0.15) is 11.3 Å². The number of hydrogen-bond donors (Lipinski definition) is 2. The molecular formula is C13H12ClN3O. The summed E-state index contributed by atoms with van der Waals surface area (Å²) in [6, 6.07) is 5.58. The Balaban J connectivity index is 2.36. The number of nitrogens with one attached hydrogen (secondary N) is 1. The molecule has 18 heavy (non-hydrogen) atoms. The van der Waals surface area contributed by atoms with Crippen LogP contribution in [0, 0.1) is 13.8 Å². The van der Waals surface area contributed by atoms with Crippen molar-refractivity contribution in [1.29, 1.82) is 0 Å². The minimum atomic E-state index is 0.379. The zero-order chi connectivity index (χ0) is 12.9. The van der Waals surface area contributed by atoms with E-state index in [-0.39, 0.29) is 0 Å². The second kappa shape index (κ2) is 3.78. The fourth-order valence-corrected chi connectivity index (χ4v) is 2.39. The van der Waals surface area contributed by atoms with Crippen molar-refractivity contribution in [2.75, 3.05) is 5.73 Å². The number of aromatic amines is 1. The molecule has 0 saturated heterocycles. The van der Waals surface area contributed by atoms with Crippen molar-refractivity contribution in [3.8, 4) is 11.3 Å². The summed E-state index contributed by atoms with van der Waals surface area (Å²) >= 11 is 6.12. The molecule has 0 unspecified atom stereocenters. The molecule has 92 valence electrons. The molecule has 3 rings (SSSR count). The minimum Gasteiger partial charge on any atom is -0.381 e. The summed E-state index contributed by atoms with van der Waals surface area (Å²) in [5, 5.41) is 5.53. The van der Waals surface area contributed by atoms with Gasteiger partial charge in [-0.15, -0.1) is 0 Å². The third-order valence-electron chi connectivity index (χ3n) is 3.13. The summed E-state index contributed by atoms with van der Waals surface area (Å²) in [6.45, 7) is 3.97. The van der Waals surface area contributed by atoms with E-state index in [2.05, 4.69) is 10.1 Å². The van der Waals surface area contributed by atoms with Crippen LogP contribution in [-0.2, 0) is 0 Å². The highest BCUT2D eigenvalue weighted by atomic mass is 35.5. The number of nitrogens with zero attached hydrogens (tertiary/aromatic N) is 1. The molecule has 0 aliphatic heterocycles. The van der Waals surface area contributed by atoms with Gasteiger partial charge in [-0.05, 0) is 25.5 Å². The molecule has 0 amide bonds. The van der Waals surface area contributed by atoms with E-state index in [0.29, 0.717) is 11.6 Å². The number of rotatable bonds is 1. The Bertz CT molecular complexity index is 742. The number of nitrogens with two attached hydrogens (primary N) is 1. The topological polar surface area (TPSA) is 67.8 Å². The lowest BCUT2D eigenvalue weighted by atomic mass is 10.1. The van der Waals surface area contributed by atoms with E-state index in [1.807, 2.05) is 26.0 Å². The van der Waals surface area contributed by atoms with Crippen LogP contribution in [0.4, 0.5) is 5.82 Å². The van der Waals surface area contributed by atoms with E-state index < -0.39 is 0 Å². The predicted molar refractivity (Wildman–Crippen MR) is 72.7 cm³/mol. The van der Waals surface area contributed by atoms with Gasteiger partial charge in [0.1, 0.15) is 0 Å². The van der Waals surface area contributed by atoms with Crippen molar-refractivity contribution in [2.45, 2.75) is 13.8 Å². The molecule has 0 aliphatic rings. The Morgan fingerprint density at radius 2 is 2.11 bits per heavy atom. The van der Waals surface area contributed by atoms with Crippen LogP contribution in [0.25, 0.3) is 22.2 Å². The van der Waals surface area contributed by atoms with Gasteiger partial charge in [0.2, 0.25) is 0 Å². The first-order valence-corrected chi connectivity index (χ1v) is 5.95. The normalized spacial score (nSPS) is 11.3. The van der Waals surface area contributed by atoms with E-state index in [4.69, 9.17) is 21.9 Å². The molecule has 5 heteroatoms. The zero-order valence-corrected chi connectivity index (χ0v) is 10.8.